The summed E-state index contributed by atoms with van der Waals surface area (Å²) >= 11 is 0. The first-order valence-corrected chi connectivity index (χ1v) is 33.1. The maximum Gasteiger partial charge on any atom is 0.137 e. The third-order valence-corrected chi connectivity index (χ3v) is 20.7. The van der Waals surface area contributed by atoms with Crippen LogP contribution in [0.4, 0.5) is 34.1 Å². The topological polar surface area (TPSA) is 15.7 Å². The van der Waals surface area contributed by atoms with Crippen LogP contribution in [0.25, 0.3) is 54.9 Å². The van der Waals surface area contributed by atoms with Crippen LogP contribution >= 0.6 is 0 Å². The van der Waals surface area contributed by atoms with Gasteiger partial charge in [-0.2, -0.15) is 0 Å². The molecule has 13 rings (SSSR count). The average Bonchev–Trinajstić information content (AvgIpc) is 3.75. The Morgan fingerprint density at radius 3 is 1.29 bits per heavy atom. The van der Waals surface area contributed by atoms with E-state index in [0.29, 0.717) is 0 Å². The lowest BCUT2D eigenvalue weighted by molar-refractivity contribution is 0.487. The second-order valence-electron chi connectivity index (χ2n) is 23.9. The minimum absolute atomic E-state index is 0.115. The fourth-order valence-corrected chi connectivity index (χ4v) is 14.8. The molecule has 0 bridgehead atoms. The number of hydrogen-bond donors (Lipinski definition) is 0. The Hall–Kier alpha value is -7.45. The quantitative estimate of drug-likeness (QED) is 0.111. The zero-order chi connectivity index (χ0) is 50.3. The van der Waals surface area contributed by atoms with Crippen LogP contribution in [0.15, 0.2) is 194 Å². The van der Waals surface area contributed by atoms with Crippen LogP contribution in [-0.2, 0) is 10.8 Å². The van der Waals surface area contributed by atoms with Crippen molar-refractivity contribution in [2.45, 2.75) is 77.8 Å². The van der Waals surface area contributed by atoms with E-state index in [1.54, 1.807) is 0 Å². The van der Waals surface area contributed by atoms with Crippen LogP contribution in [0.5, 0.6) is 11.5 Å². The standard InChI is InChI=1S/C68H62N2OSi2/c1-67(2)60-19-13-11-16-52(60)54-35-28-47(40-62(54)67)69(44-24-31-50(32-25-44)72(5,6)7)46-23-22-43-38-59-56-37-30-49(42-65(56)71-64-21-15-18-57(66(59)64)58(43)39-46)70(45-26-33-51(34-27-45)73(8,9)10)48-29-36-55-53-17-12-14-20-61(53)68(3,4)63(55)41-48/h11-42H,1-10H3. The number of hydrogen-bond acceptors (Lipinski definition) is 3. The Morgan fingerprint density at radius 1 is 0.329 bits per heavy atom. The summed E-state index contributed by atoms with van der Waals surface area (Å²) in [6, 6.07) is 73.5. The first kappa shape index (κ1) is 45.4. The van der Waals surface area contributed by atoms with Crippen molar-refractivity contribution in [3.05, 3.63) is 216 Å². The van der Waals surface area contributed by atoms with E-state index in [1.807, 2.05) is 0 Å². The molecule has 3 nitrogen and oxygen atoms in total. The number of benzene rings is 10. The molecule has 0 saturated carbocycles. The maximum atomic E-state index is 7.09. The molecule has 5 heteroatoms. The smallest absolute Gasteiger partial charge is 0.137 e. The number of nitrogens with zero attached hydrogens (tertiary/aromatic N) is 2. The van der Waals surface area contributed by atoms with Gasteiger partial charge in [-0.05, 0) is 151 Å². The normalized spacial score (nSPS) is 14.5. The van der Waals surface area contributed by atoms with Gasteiger partial charge in [0.1, 0.15) is 11.5 Å². The SMILES string of the molecule is CC1(C)c2ccccc2-c2ccc(N(c3ccc([Si](C)(C)C)cc3)c3ccc4c(c3)Oc3cccc5c3c-4cc3ccc(N(c4ccc([Si](C)(C)C)cc4)c4ccc6c(c4)C(C)(C)c4ccccc4-6)cc35)cc21. The van der Waals surface area contributed by atoms with Gasteiger partial charge in [0.25, 0.3) is 0 Å². The molecule has 0 fully saturated rings. The van der Waals surface area contributed by atoms with Crippen LogP contribution in [0.3, 0.4) is 0 Å². The largest absolute Gasteiger partial charge is 0.456 e. The predicted molar refractivity (Wildman–Crippen MR) is 317 cm³/mol. The highest BCUT2D eigenvalue weighted by atomic mass is 28.3. The van der Waals surface area contributed by atoms with Crippen molar-refractivity contribution in [1.29, 1.82) is 0 Å². The van der Waals surface area contributed by atoms with Gasteiger partial charge in [0.05, 0.1) is 16.1 Å². The fourth-order valence-electron chi connectivity index (χ4n) is 12.5. The van der Waals surface area contributed by atoms with Crippen molar-refractivity contribution >= 4 is 82.2 Å². The molecular weight excluding hydrogens is 917 g/mol. The zero-order valence-electron chi connectivity index (χ0n) is 43.8. The molecule has 73 heavy (non-hydrogen) atoms. The van der Waals surface area contributed by atoms with Gasteiger partial charge in [-0.1, -0.05) is 180 Å². The minimum atomic E-state index is -1.52. The van der Waals surface area contributed by atoms with Crippen LogP contribution in [0.1, 0.15) is 49.9 Å². The van der Waals surface area contributed by atoms with Crippen molar-refractivity contribution < 1.29 is 4.74 Å². The third-order valence-electron chi connectivity index (χ3n) is 16.5. The van der Waals surface area contributed by atoms with E-state index < -0.39 is 16.1 Å². The summed E-state index contributed by atoms with van der Waals surface area (Å²) in [5, 5.41) is 7.64. The molecule has 3 aliphatic rings. The van der Waals surface area contributed by atoms with Crippen LogP contribution < -0.4 is 24.9 Å². The summed E-state index contributed by atoms with van der Waals surface area (Å²) in [4.78, 5) is 4.88. The van der Waals surface area contributed by atoms with Crippen LogP contribution in [0.2, 0.25) is 39.3 Å². The highest BCUT2D eigenvalue weighted by Crippen LogP contribution is 2.55. The molecule has 0 atom stereocenters. The molecular formula is C68H62N2OSi2. The van der Waals surface area contributed by atoms with Gasteiger partial charge >= 0.3 is 0 Å². The fraction of sp³-hybridized carbons (Fsp3) is 0.176. The van der Waals surface area contributed by atoms with Crippen LogP contribution in [-0.4, -0.2) is 16.1 Å². The molecule has 0 unspecified atom stereocenters. The van der Waals surface area contributed by atoms with E-state index >= 15 is 0 Å². The van der Waals surface area contributed by atoms with Gasteiger partial charge in [-0.25, -0.2) is 0 Å². The second kappa shape index (κ2) is 16.0. The minimum Gasteiger partial charge on any atom is -0.456 e. The van der Waals surface area contributed by atoms with Crippen molar-refractivity contribution in [2.75, 3.05) is 9.80 Å². The van der Waals surface area contributed by atoms with Gasteiger partial charge in [-0.15, -0.1) is 0 Å². The Labute approximate surface area is 433 Å². The molecule has 10 aromatic carbocycles. The van der Waals surface area contributed by atoms with E-state index in [2.05, 4.69) is 271 Å². The second-order valence-corrected chi connectivity index (χ2v) is 34.0. The summed E-state index contributed by atoms with van der Waals surface area (Å²) in [6.45, 7) is 24.0. The molecule has 2 aliphatic carbocycles. The highest BCUT2D eigenvalue weighted by molar-refractivity contribution is 6.89. The number of rotatable bonds is 8. The monoisotopic (exact) mass is 978 g/mol. The highest BCUT2D eigenvalue weighted by Gasteiger charge is 2.38. The van der Waals surface area contributed by atoms with E-state index in [0.717, 1.165) is 56.6 Å². The Morgan fingerprint density at radius 2 is 0.767 bits per heavy atom. The summed E-state index contributed by atoms with van der Waals surface area (Å²) in [5.74, 6) is 1.74. The molecule has 1 heterocycles. The average molecular weight is 979 g/mol. The summed E-state index contributed by atoms with van der Waals surface area (Å²) < 4.78 is 7.09. The molecule has 1 aliphatic heterocycles. The Kier molecular flexibility index (Phi) is 9.97. The first-order chi connectivity index (χ1) is 34.9. The molecule has 10 aromatic rings. The van der Waals surface area contributed by atoms with Crippen molar-refractivity contribution in [3.63, 3.8) is 0 Å². The lowest BCUT2D eigenvalue weighted by Gasteiger charge is -2.30. The van der Waals surface area contributed by atoms with Gasteiger partial charge in [-0.3, -0.25) is 0 Å². The lowest BCUT2D eigenvalue weighted by atomic mass is 9.82. The predicted octanol–water partition coefficient (Wildman–Crippen LogP) is 18.4. The Balaban J connectivity index is 0.930. The molecule has 0 radical (unpaired) electrons. The van der Waals surface area contributed by atoms with E-state index in [1.165, 1.54) is 76.6 Å². The van der Waals surface area contributed by atoms with Crippen molar-refractivity contribution in [1.82, 2.24) is 0 Å². The molecule has 0 saturated heterocycles. The maximum absolute atomic E-state index is 7.09. The molecule has 0 amide bonds. The van der Waals surface area contributed by atoms with Gasteiger partial charge < -0.3 is 14.5 Å². The van der Waals surface area contributed by atoms with E-state index in [-0.39, 0.29) is 10.8 Å². The lowest BCUT2D eigenvalue weighted by Crippen LogP contribution is -2.37. The molecule has 358 valence electrons. The first-order valence-electron chi connectivity index (χ1n) is 26.1. The van der Waals surface area contributed by atoms with E-state index in [4.69, 9.17) is 4.74 Å². The zero-order valence-corrected chi connectivity index (χ0v) is 45.8. The summed E-state index contributed by atoms with van der Waals surface area (Å²) in [6.07, 6.45) is 0. The van der Waals surface area contributed by atoms with E-state index in [9.17, 15) is 0 Å². The number of ether oxygens (including phenoxy) is 1. The third kappa shape index (κ3) is 7.10. The van der Waals surface area contributed by atoms with Gasteiger partial charge in [0.15, 0.2) is 0 Å². The molecule has 0 aromatic heterocycles. The number of fused-ring (bicyclic) bond motifs is 10. The molecule has 0 N–H and O–H groups in total. The number of anilines is 6. The summed E-state index contributed by atoms with van der Waals surface area (Å²) in [7, 11) is -3.04. The van der Waals surface area contributed by atoms with Crippen molar-refractivity contribution in [2.24, 2.45) is 0 Å². The van der Waals surface area contributed by atoms with Crippen molar-refractivity contribution in [3.8, 4) is 44.9 Å². The summed E-state index contributed by atoms with van der Waals surface area (Å²) in [5.41, 5.74) is 19.6. The van der Waals surface area contributed by atoms with Crippen LogP contribution in [0, 0.1) is 0 Å². The molecule has 0 spiro atoms. The van der Waals surface area contributed by atoms with Gasteiger partial charge in [0, 0.05) is 62.0 Å². The Bertz CT molecular complexity index is 3910. The van der Waals surface area contributed by atoms with Gasteiger partial charge in [0.2, 0.25) is 0 Å².